The Morgan fingerprint density at radius 2 is 1.96 bits per heavy atom. The number of rotatable bonds is 9. The maximum absolute atomic E-state index is 13.9. The highest BCUT2D eigenvalue weighted by molar-refractivity contribution is 7.89. The summed E-state index contributed by atoms with van der Waals surface area (Å²) in [5.41, 5.74) is 4.24. The Hall–Kier alpha value is -3.19. The van der Waals surface area contributed by atoms with Crippen molar-refractivity contribution in [3.05, 3.63) is 92.9 Å². The molecule has 1 fully saturated rings. The molecule has 4 aromatic rings. The highest BCUT2D eigenvalue weighted by Crippen LogP contribution is 2.36. The van der Waals surface area contributed by atoms with Crippen LogP contribution >= 0.6 is 48.0 Å². The van der Waals surface area contributed by atoms with E-state index < -0.39 is 22.0 Å². The van der Waals surface area contributed by atoms with Crippen LogP contribution in [-0.2, 0) is 28.0 Å². The van der Waals surface area contributed by atoms with Crippen molar-refractivity contribution in [1.29, 1.82) is 0 Å². The van der Waals surface area contributed by atoms with Gasteiger partial charge in [0.2, 0.25) is 15.9 Å². The van der Waals surface area contributed by atoms with Crippen molar-refractivity contribution in [3.63, 3.8) is 0 Å². The Kier molecular flexibility index (Phi) is 12.4. The minimum atomic E-state index is -4.15. The summed E-state index contributed by atoms with van der Waals surface area (Å²) in [6.07, 6.45) is 3.93. The van der Waals surface area contributed by atoms with Gasteiger partial charge in [0.25, 0.3) is 0 Å². The number of sulfonamides is 1. The van der Waals surface area contributed by atoms with E-state index in [2.05, 4.69) is 20.4 Å². The molecule has 0 aliphatic carbocycles. The number of carbonyl (C=O) groups is 1. The van der Waals surface area contributed by atoms with Crippen molar-refractivity contribution >= 4 is 81.1 Å². The van der Waals surface area contributed by atoms with Crippen molar-refractivity contribution in [2.75, 3.05) is 6.54 Å². The number of aryl methyl sites for hydroxylation is 2. The zero-order valence-corrected chi connectivity index (χ0v) is 28.3. The number of halogens is 4. The smallest absolute Gasteiger partial charge is 0.245 e. The molecule has 240 valence electrons. The van der Waals surface area contributed by atoms with E-state index in [0.717, 1.165) is 16.6 Å². The first-order chi connectivity index (χ1) is 20.6. The molecule has 10 nitrogen and oxygen atoms in total. The van der Waals surface area contributed by atoms with Crippen LogP contribution in [0.5, 0.6) is 5.75 Å². The summed E-state index contributed by atoms with van der Waals surface area (Å²) in [6, 6.07) is 13.1. The average Bonchev–Trinajstić information content (AvgIpc) is 3.48. The number of benzene rings is 2. The van der Waals surface area contributed by atoms with Crippen molar-refractivity contribution in [1.82, 2.24) is 19.6 Å². The second-order valence-electron chi connectivity index (χ2n) is 10.2. The van der Waals surface area contributed by atoms with Gasteiger partial charge in [0.15, 0.2) is 0 Å². The van der Waals surface area contributed by atoms with Gasteiger partial charge in [-0.3, -0.25) is 9.78 Å². The summed E-state index contributed by atoms with van der Waals surface area (Å²) in [7, 11) is -4.15. The predicted molar refractivity (Wildman–Crippen MR) is 181 cm³/mol. The first kappa shape index (κ1) is 36.3. The number of hydrogen-bond donors (Lipinski definition) is 2. The van der Waals surface area contributed by atoms with Gasteiger partial charge in [-0.1, -0.05) is 35.3 Å². The molecule has 1 atom stereocenters. The largest absolute Gasteiger partial charge is 0.487 e. The quantitative estimate of drug-likeness (QED) is 0.128. The maximum Gasteiger partial charge on any atom is 0.245 e. The van der Waals surface area contributed by atoms with Gasteiger partial charge in [-0.15, -0.1) is 24.8 Å². The number of hydrogen-bond acceptors (Lipinski definition) is 8. The van der Waals surface area contributed by atoms with Crippen LogP contribution in [0.3, 0.4) is 0 Å². The number of nitrogens with two attached hydrogens (primary N) is 1. The summed E-state index contributed by atoms with van der Waals surface area (Å²) < 4.78 is 35.0. The Balaban J connectivity index is 0.00000276. The fourth-order valence-corrected chi connectivity index (χ4v) is 7.66. The third-order valence-electron chi connectivity index (χ3n) is 7.27. The molecule has 2 aromatic carbocycles. The molecule has 3 heterocycles. The predicted octanol–water partition coefficient (Wildman–Crippen LogP) is 5.74. The van der Waals surface area contributed by atoms with Crippen LogP contribution in [0.2, 0.25) is 10.0 Å². The van der Waals surface area contributed by atoms with Crippen LogP contribution < -0.4 is 15.9 Å². The second-order valence-corrected chi connectivity index (χ2v) is 12.9. The molecule has 0 bridgehead atoms. The molecule has 15 heteroatoms. The standard InChI is InChI=1S/C30H30Cl2N6O4S.2ClH/c1-18-13-19(2)37-29-22(18)5-3-7-26(29)42-17-23-24(31)10-11-27(28(23)32)43(40,41)38-12-4-6-25(38)30(39)35-16-21-9-8-20(14-34-21)15-36-33;;/h3,5,7-11,13-15,25H,4,6,12,16-17,33H2,1-2H3,(H,35,39);2*1H/t25-;;/m0../s1. The van der Waals surface area contributed by atoms with Gasteiger partial charge in [-0.2, -0.15) is 9.41 Å². The number of ether oxygens (including phenoxy) is 1. The van der Waals surface area contributed by atoms with E-state index in [1.807, 2.05) is 32.0 Å². The minimum Gasteiger partial charge on any atom is -0.487 e. The third kappa shape index (κ3) is 7.79. The third-order valence-corrected chi connectivity index (χ3v) is 10.1. The molecule has 0 unspecified atom stereocenters. The molecule has 0 spiro atoms. The number of pyridine rings is 2. The highest BCUT2D eigenvalue weighted by atomic mass is 35.5. The SMILES string of the molecule is Cc1cc(C)c2cccc(OCc3c(Cl)ccc(S(=O)(=O)N4CCC[C@H]4C(=O)NCc4ccc(C=NN)cn4)c3Cl)c2n1.Cl.Cl. The fraction of sp³-hybridized carbons (Fsp3) is 0.267. The molecule has 5 rings (SSSR count). The highest BCUT2D eigenvalue weighted by Gasteiger charge is 2.40. The minimum absolute atomic E-state index is 0. The van der Waals surface area contributed by atoms with E-state index in [0.29, 0.717) is 40.9 Å². The number of aromatic nitrogens is 2. The first-order valence-corrected chi connectivity index (χ1v) is 15.7. The van der Waals surface area contributed by atoms with Crippen molar-refractivity contribution in [2.45, 2.75) is 50.8 Å². The summed E-state index contributed by atoms with van der Waals surface area (Å²) in [5, 5.41) is 7.41. The number of nitrogens with one attached hydrogen (secondary N) is 1. The van der Waals surface area contributed by atoms with Gasteiger partial charge >= 0.3 is 0 Å². The van der Waals surface area contributed by atoms with Crippen LogP contribution in [-0.4, -0.2) is 47.4 Å². The Morgan fingerprint density at radius 3 is 2.67 bits per heavy atom. The lowest BCUT2D eigenvalue weighted by Gasteiger charge is -2.24. The molecular weight excluding hydrogens is 682 g/mol. The summed E-state index contributed by atoms with van der Waals surface area (Å²) in [5.74, 6) is 5.26. The van der Waals surface area contributed by atoms with Gasteiger partial charge in [-0.25, -0.2) is 13.4 Å². The van der Waals surface area contributed by atoms with Crippen LogP contribution in [0.4, 0.5) is 0 Å². The van der Waals surface area contributed by atoms with Gasteiger partial charge in [0, 0.05) is 40.0 Å². The van der Waals surface area contributed by atoms with E-state index in [1.165, 1.54) is 22.7 Å². The first-order valence-electron chi connectivity index (χ1n) is 13.5. The number of fused-ring (bicyclic) bond motifs is 1. The van der Waals surface area contributed by atoms with E-state index in [-0.39, 0.29) is 59.5 Å². The summed E-state index contributed by atoms with van der Waals surface area (Å²) >= 11 is 13.2. The molecular formula is C30H32Cl4N6O4S. The van der Waals surface area contributed by atoms with Crippen molar-refractivity contribution in [2.24, 2.45) is 10.9 Å². The topological polar surface area (TPSA) is 140 Å². The zero-order valence-electron chi connectivity index (χ0n) is 24.4. The normalized spacial score (nSPS) is 15.1. The maximum atomic E-state index is 13.9. The number of amides is 1. The monoisotopic (exact) mass is 712 g/mol. The Bertz CT molecular complexity index is 1820. The van der Waals surface area contributed by atoms with Crippen molar-refractivity contribution in [3.8, 4) is 5.75 Å². The number of nitrogens with zero attached hydrogens (tertiary/aromatic N) is 4. The lowest BCUT2D eigenvalue weighted by molar-refractivity contribution is -0.124. The van der Waals surface area contributed by atoms with E-state index in [9.17, 15) is 13.2 Å². The number of para-hydroxylation sites is 1. The Labute approximate surface area is 284 Å². The molecule has 45 heavy (non-hydrogen) atoms. The fourth-order valence-electron chi connectivity index (χ4n) is 5.14. The lowest BCUT2D eigenvalue weighted by Crippen LogP contribution is -2.45. The molecule has 1 aliphatic heterocycles. The van der Waals surface area contributed by atoms with Gasteiger partial charge < -0.3 is 15.9 Å². The second kappa shape index (κ2) is 15.4. The molecule has 0 radical (unpaired) electrons. The van der Waals surface area contributed by atoms with Crippen LogP contribution in [0.1, 0.15) is 40.9 Å². The van der Waals surface area contributed by atoms with E-state index in [4.69, 9.17) is 33.8 Å². The molecule has 1 amide bonds. The zero-order chi connectivity index (χ0) is 30.7. The summed E-state index contributed by atoms with van der Waals surface area (Å²) in [6.45, 7) is 4.14. The number of carbonyl (C=O) groups excluding carboxylic acids is 1. The van der Waals surface area contributed by atoms with Gasteiger partial charge in [0.05, 0.1) is 23.5 Å². The van der Waals surface area contributed by atoms with E-state index in [1.54, 1.807) is 24.4 Å². The van der Waals surface area contributed by atoms with Crippen LogP contribution in [0.15, 0.2) is 64.7 Å². The van der Waals surface area contributed by atoms with Gasteiger partial charge in [0.1, 0.15) is 28.8 Å². The van der Waals surface area contributed by atoms with Crippen molar-refractivity contribution < 1.29 is 17.9 Å². The van der Waals surface area contributed by atoms with Gasteiger partial charge in [-0.05, 0) is 68.7 Å². The van der Waals surface area contributed by atoms with Crippen LogP contribution in [0, 0.1) is 13.8 Å². The molecule has 3 N–H and O–H groups in total. The Morgan fingerprint density at radius 1 is 1.18 bits per heavy atom. The van der Waals surface area contributed by atoms with E-state index >= 15 is 0 Å². The van der Waals surface area contributed by atoms with Crippen LogP contribution in [0.25, 0.3) is 10.9 Å². The molecule has 2 aromatic heterocycles. The molecule has 1 saturated heterocycles. The lowest BCUT2D eigenvalue weighted by atomic mass is 10.1. The molecule has 1 aliphatic rings. The summed E-state index contributed by atoms with van der Waals surface area (Å²) in [4.78, 5) is 21.9. The average molecular weight is 715 g/mol. The number of hydrazone groups is 1. The molecule has 0 saturated carbocycles.